The van der Waals surface area contributed by atoms with E-state index in [-0.39, 0.29) is 26.5 Å². The number of rotatable bonds is 4. The van der Waals surface area contributed by atoms with E-state index in [1.54, 1.807) is 90.1 Å². The van der Waals surface area contributed by atoms with Gasteiger partial charge in [0.05, 0.1) is 46.8 Å². The minimum atomic E-state index is -3.49. The molecule has 0 aliphatic heterocycles. The standard InChI is InChI=1S/C18H17BrN2O3S.C18H18N2O4S/c1-18(2,3)25(23,24)13-10-8-12(9-11-13)21-17(22)15-7-5-4-6-14(15)16(19)20-21;1-18(2,3)25(23,24)13-10-8-12(9-11-13)20-17(22)15-7-5-4-6-14(15)16(21)19-20/h4-11H,1-3H3;4-11H,1-3H3,(H,19,21). The molecule has 0 bridgehead atoms. The number of aromatic amines is 1. The molecule has 1 N–H and O–H groups in total. The zero-order valence-electron chi connectivity index (χ0n) is 28.1. The molecule has 2 heterocycles. The normalized spacial score (nSPS) is 12.5. The van der Waals surface area contributed by atoms with Gasteiger partial charge in [-0.05, 0) is 124 Å². The lowest BCUT2D eigenvalue weighted by atomic mass is 10.2. The van der Waals surface area contributed by atoms with Gasteiger partial charge < -0.3 is 0 Å². The molecule has 260 valence electrons. The Morgan fingerprint density at radius 1 is 0.560 bits per heavy atom. The zero-order valence-corrected chi connectivity index (χ0v) is 31.4. The van der Waals surface area contributed by atoms with E-state index in [1.807, 2.05) is 12.1 Å². The molecule has 0 atom stereocenters. The molecule has 0 fully saturated rings. The van der Waals surface area contributed by atoms with Crippen LogP contribution < -0.4 is 16.7 Å². The number of nitrogens with zero attached hydrogens (tertiary/aromatic N) is 3. The van der Waals surface area contributed by atoms with E-state index < -0.39 is 29.2 Å². The van der Waals surface area contributed by atoms with E-state index in [4.69, 9.17) is 0 Å². The Labute approximate surface area is 297 Å². The molecule has 0 radical (unpaired) electrons. The second-order valence-corrected chi connectivity index (χ2v) is 19.6. The van der Waals surface area contributed by atoms with Crippen molar-refractivity contribution in [2.75, 3.05) is 0 Å². The van der Waals surface area contributed by atoms with Crippen LogP contribution in [0.1, 0.15) is 41.5 Å². The predicted octanol–water partition coefficient (Wildman–Crippen LogP) is 5.97. The molecular weight excluding hydrogens is 744 g/mol. The monoisotopic (exact) mass is 778 g/mol. The van der Waals surface area contributed by atoms with Crippen molar-refractivity contribution in [3.05, 3.63) is 133 Å². The summed E-state index contributed by atoms with van der Waals surface area (Å²) in [5.41, 5.74) is -0.126. The molecule has 14 heteroatoms. The summed E-state index contributed by atoms with van der Waals surface area (Å²) in [6, 6.07) is 25.8. The Hall–Kier alpha value is -4.66. The fraction of sp³-hybridized carbons (Fsp3) is 0.222. The van der Waals surface area contributed by atoms with Crippen LogP contribution in [0.5, 0.6) is 0 Å². The van der Waals surface area contributed by atoms with Crippen molar-refractivity contribution in [3.63, 3.8) is 0 Å². The molecule has 11 nitrogen and oxygen atoms in total. The predicted molar refractivity (Wildman–Crippen MR) is 199 cm³/mol. The smallest absolute Gasteiger partial charge is 0.267 e. The maximum Gasteiger partial charge on any atom is 0.279 e. The first-order valence-corrected chi connectivity index (χ1v) is 19.1. The second-order valence-electron chi connectivity index (χ2n) is 13.4. The van der Waals surface area contributed by atoms with E-state index >= 15 is 0 Å². The third-order valence-corrected chi connectivity index (χ3v) is 13.6. The number of nitrogens with one attached hydrogen (secondary N) is 1. The minimum Gasteiger partial charge on any atom is -0.267 e. The molecule has 0 saturated heterocycles. The Kier molecular flexibility index (Phi) is 9.69. The molecule has 0 amide bonds. The molecule has 4 aromatic carbocycles. The molecule has 0 aliphatic rings. The van der Waals surface area contributed by atoms with Crippen molar-refractivity contribution in [2.24, 2.45) is 0 Å². The Bertz CT molecular complexity index is 2650. The van der Waals surface area contributed by atoms with Crippen molar-refractivity contribution in [1.82, 2.24) is 19.6 Å². The SMILES string of the molecule is CC(C)(C)S(=O)(=O)c1ccc(-n2[nH]c(=O)c3ccccc3c2=O)cc1.CC(C)(C)S(=O)(=O)c1ccc(-n2nc(Br)c3ccccc3c2=O)cc1. The fourth-order valence-corrected chi connectivity index (χ4v) is 7.86. The van der Waals surface area contributed by atoms with Crippen molar-refractivity contribution in [3.8, 4) is 11.4 Å². The summed E-state index contributed by atoms with van der Waals surface area (Å²) in [7, 11) is -6.93. The van der Waals surface area contributed by atoms with Crippen molar-refractivity contribution in [2.45, 2.75) is 60.8 Å². The summed E-state index contributed by atoms with van der Waals surface area (Å²) < 4.78 is 51.1. The molecule has 2 aromatic heterocycles. The fourth-order valence-electron chi connectivity index (χ4n) is 4.96. The van der Waals surface area contributed by atoms with E-state index in [0.717, 1.165) is 10.1 Å². The number of hydrogen-bond acceptors (Lipinski definition) is 8. The molecule has 0 saturated carbocycles. The molecule has 0 spiro atoms. The molecule has 6 rings (SSSR count). The Morgan fingerprint density at radius 2 is 0.960 bits per heavy atom. The average Bonchev–Trinajstić information content (AvgIpc) is 3.07. The summed E-state index contributed by atoms with van der Waals surface area (Å²) in [6.07, 6.45) is 0. The number of benzene rings is 4. The minimum absolute atomic E-state index is 0.167. The van der Waals surface area contributed by atoms with Gasteiger partial charge >= 0.3 is 0 Å². The molecule has 0 aliphatic carbocycles. The Balaban J connectivity index is 0.000000194. The van der Waals surface area contributed by atoms with Crippen LogP contribution in [0.3, 0.4) is 0 Å². The third kappa shape index (κ3) is 6.74. The van der Waals surface area contributed by atoms with Gasteiger partial charge in [0.2, 0.25) is 0 Å². The lowest BCUT2D eigenvalue weighted by Gasteiger charge is -2.19. The van der Waals surface area contributed by atoms with Gasteiger partial charge in [0, 0.05) is 5.39 Å². The highest BCUT2D eigenvalue weighted by Gasteiger charge is 2.31. The quantitative estimate of drug-likeness (QED) is 0.229. The second kappa shape index (κ2) is 13.2. The molecule has 6 aromatic rings. The van der Waals surface area contributed by atoms with Crippen LogP contribution >= 0.6 is 15.9 Å². The van der Waals surface area contributed by atoms with E-state index in [0.29, 0.717) is 32.1 Å². The lowest BCUT2D eigenvalue weighted by molar-refractivity contribution is 0.559. The molecule has 0 unspecified atom stereocenters. The van der Waals surface area contributed by atoms with E-state index in [9.17, 15) is 31.2 Å². The topological polar surface area (TPSA) is 158 Å². The van der Waals surface area contributed by atoms with Crippen LogP contribution in [-0.2, 0) is 19.7 Å². The molecular formula is C36H35BrN4O7S2. The van der Waals surface area contributed by atoms with Crippen molar-refractivity contribution < 1.29 is 16.8 Å². The summed E-state index contributed by atoms with van der Waals surface area (Å²) in [4.78, 5) is 37.8. The molecule has 50 heavy (non-hydrogen) atoms. The van der Waals surface area contributed by atoms with Gasteiger partial charge in [-0.1, -0.05) is 30.3 Å². The van der Waals surface area contributed by atoms with Gasteiger partial charge in [0.1, 0.15) is 4.60 Å². The maximum absolute atomic E-state index is 12.7. The van der Waals surface area contributed by atoms with Gasteiger partial charge in [-0.3, -0.25) is 19.5 Å². The highest BCUT2D eigenvalue weighted by molar-refractivity contribution is 9.10. The van der Waals surface area contributed by atoms with Gasteiger partial charge in [0.15, 0.2) is 19.7 Å². The Morgan fingerprint density at radius 3 is 1.42 bits per heavy atom. The van der Waals surface area contributed by atoms with Gasteiger partial charge in [-0.2, -0.15) is 9.78 Å². The van der Waals surface area contributed by atoms with Crippen molar-refractivity contribution in [1.29, 1.82) is 0 Å². The van der Waals surface area contributed by atoms with Crippen molar-refractivity contribution >= 4 is 57.1 Å². The van der Waals surface area contributed by atoms with Gasteiger partial charge in [-0.15, -0.1) is 0 Å². The third-order valence-electron chi connectivity index (χ3n) is 7.99. The van der Waals surface area contributed by atoms with Crippen LogP contribution in [0.25, 0.3) is 32.9 Å². The van der Waals surface area contributed by atoms with E-state index in [2.05, 4.69) is 26.1 Å². The number of aromatic nitrogens is 4. The summed E-state index contributed by atoms with van der Waals surface area (Å²) in [5, 5.41) is 8.69. The summed E-state index contributed by atoms with van der Waals surface area (Å²) in [6.45, 7) is 9.85. The number of H-pyrrole nitrogens is 1. The van der Waals surface area contributed by atoms with Crippen LogP contribution in [0.2, 0.25) is 0 Å². The number of fused-ring (bicyclic) bond motifs is 2. The first-order valence-electron chi connectivity index (χ1n) is 15.4. The largest absolute Gasteiger partial charge is 0.279 e. The van der Waals surface area contributed by atoms with Crippen LogP contribution in [0.15, 0.2) is 126 Å². The van der Waals surface area contributed by atoms with Crippen LogP contribution in [0.4, 0.5) is 0 Å². The zero-order chi connectivity index (χ0) is 36.8. The summed E-state index contributed by atoms with van der Waals surface area (Å²) in [5.74, 6) is 0. The van der Waals surface area contributed by atoms with Crippen LogP contribution in [-0.4, -0.2) is 45.9 Å². The van der Waals surface area contributed by atoms with Crippen LogP contribution in [0, 0.1) is 0 Å². The van der Waals surface area contributed by atoms with Gasteiger partial charge in [0.25, 0.3) is 16.7 Å². The maximum atomic E-state index is 12.7. The average molecular weight is 780 g/mol. The first kappa shape index (κ1) is 36.6. The number of halogens is 1. The summed E-state index contributed by atoms with van der Waals surface area (Å²) >= 11 is 3.38. The number of hydrogen-bond donors (Lipinski definition) is 1. The lowest BCUT2D eigenvalue weighted by Crippen LogP contribution is -2.29. The number of sulfone groups is 2. The first-order chi connectivity index (χ1) is 23.3. The highest BCUT2D eigenvalue weighted by Crippen LogP contribution is 2.27. The highest BCUT2D eigenvalue weighted by atomic mass is 79.9. The van der Waals surface area contributed by atoms with Gasteiger partial charge in [-0.25, -0.2) is 21.5 Å². The van der Waals surface area contributed by atoms with E-state index in [1.165, 1.54) is 41.1 Å².